The molecule has 94 valence electrons. The third-order valence-corrected chi connectivity index (χ3v) is 3.04. The minimum atomic E-state index is -0.538. The van der Waals surface area contributed by atoms with Gasteiger partial charge in [0, 0.05) is 18.2 Å². The van der Waals surface area contributed by atoms with E-state index >= 15 is 0 Å². The van der Waals surface area contributed by atoms with Gasteiger partial charge in [0.15, 0.2) is 6.20 Å². The van der Waals surface area contributed by atoms with Crippen molar-refractivity contribution >= 4 is 0 Å². The van der Waals surface area contributed by atoms with E-state index in [9.17, 15) is 8.78 Å². The van der Waals surface area contributed by atoms with Crippen LogP contribution in [0.1, 0.15) is 18.1 Å². The Kier molecular flexibility index (Phi) is 3.41. The fourth-order valence-corrected chi connectivity index (χ4v) is 2.15. The van der Waals surface area contributed by atoms with Crippen molar-refractivity contribution in [3.05, 3.63) is 53.2 Å². The van der Waals surface area contributed by atoms with Crippen molar-refractivity contribution in [1.82, 2.24) is 0 Å². The summed E-state index contributed by atoms with van der Waals surface area (Å²) in [5.74, 6) is -1.05. The molecule has 2 rings (SSSR count). The van der Waals surface area contributed by atoms with Gasteiger partial charge in [-0.1, -0.05) is 0 Å². The normalized spacial score (nSPS) is 10.7. The molecular formula is C15H16F2N+. The average Bonchev–Trinajstić information content (AvgIpc) is 2.28. The number of aromatic nitrogens is 1. The van der Waals surface area contributed by atoms with Crippen molar-refractivity contribution < 1.29 is 13.3 Å². The number of pyridine rings is 1. The van der Waals surface area contributed by atoms with Crippen molar-refractivity contribution in [3.8, 4) is 11.3 Å². The number of halogens is 2. The third-order valence-electron chi connectivity index (χ3n) is 3.04. The topological polar surface area (TPSA) is 3.88 Å². The maximum atomic E-state index is 14.0. The second-order valence-electron chi connectivity index (χ2n) is 4.45. The van der Waals surface area contributed by atoms with E-state index in [4.69, 9.17) is 0 Å². The molecule has 0 saturated heterocycles. The molecule has 0 aliphatic carbocycles. The molecule has 1 aromatic carbocycles. The number of benzene rings is 1. The SMILES string of the molecule is CC[n+]1ccc(C)cc1-c1c(C)cc(F)cc1F. The standard InChI is InChI=1S/C15H16F2N/c1-4-18-6-5-10(2)7-14(18)15-11(3)8-12(16)9-13(15)17/h5-9H,4H2,1-3H3/q+1. The summed E-state index contributed by atoms with van der Waals surface area (Å²) in [5.41, 5.74) is 2.92. The number of rotatable bonds is 2. The summed E-state index contributed by atoms with van der Waals surface area (Å²) in [6.45, 7) is 6.42. The molecule has 0 N–H and O–H groups in total. The third kappa shape index (κ3) is 2.26. The van der Waals surface area contributed by atoms with Gasteiger partial charge in [0.2, 0.25) is 5.69 Å². The van der Waals surface area contributed by atoms with Crippen LogP contribution >= 0.6 is 0 Å². The van der Waals surface area contributed by atoms with Crippen LogP contribution < -0.4 is 4.57 Å². The van der Waals surface area contributed by atoms with Gasteiger partial charge in [-0.05, 0) is 38.0 Å². The second kappa shape index (κ2) is 4.84. The van der Waals surface area contributed by atoms with E-state index in [1.165, 1.54) is 6.07 Å². The molecule has 1 nitrogen and oxygen atoms in total. The van der Waals surface area contributed by atoms with E-state index in [0.717, 1.165) is 23.9 Å². The van der Waals surface area contributed by atoms with E-state index in [-0.39, 0.29) is 0 Å². The summed E-state index contributed by atoms with van der Waals surface area (Å²) in [4.78, 5) is 0. The van der Waals surface area contributed by atoms with E-state index in [1.54, 1.807) is 6.92 Å². The van der Waals surface area contributed by atoms with Gasteiger partial charge in [0.05, 0.1) is 5.56 Å². The highest BCUT2D eigenvalue weighted by Gasteiger charge is 2.19. The summed E-state index contributed by atoms with van der Waals surface area (Å²) < 4.78 is 29.1. The Morgan fingerprint density at radius 3 is 2.44 bits per heavy atom. The second-order valence-corrected chi connectivity index (χ2v) is 4.45. The van der Waals surface area contributed by atoms with Crippen LogP contribution in [0.15, 0.2) is 30.5 Å². The van der Waals surface area contributed by atoms with Crippen LogP contribution in [0, 0.1) is 25.5 Å². The first kappa shape index (κ1) is 12.7. The first-order valence-corrected chi connectivity index (χ1v) is 5.99. The highest BCUT2D eigenvalue weighted by Crippen LogP contribution is 2.25. The van der Waals surface area contributed by atoms with Gasteiger partial charge in [0.25, 0.3) is 0 Å². The summed E-state index contributed by atoms with van der Waals surface area (Å²) in [7, 11) is 0. The molecule has 2 aromatic rings. The molecule has 18 heavy (non-hydrogen) atoms. The van der Waals surface area contributed by atoms with Crippen LogP contribution in [0.2, 0.25) is 0 Å². The van der Waals surface area contributed by atoms with Crippen molar-refractivity contribution in [3.63, 3.8) is 0 Å². The summed E-state index contributed by atoms with van der Waals surface area (Å²) in [6.07, 6.45) is 1.92. The van der Waals surface area contributed by atoms with E-state index in [1.807, 2.05) is 36.7 Å². The van der Waals surface area contributed by atoms with Crippen molar-refractivity contribution in [2.75, 3.05) is 0 Å². The zero-order valence-corrected chi connectivity index (χ0v) is 10.8. The Labute approximate surface area is 106 Å². The lowest BCUT2D eigenvalue weighted by Gasteiger charge is -2.08. The van der Waals surface area contributed by atoms with Crippen LogP contribution in [0.25, 0.3) is 11.3 Å². The molecule has 0 aliphatic heterocycles. The highest BCUT2D eigenvalue weighted by molar-refractivity contribution is 5.62. The van der Waals surface area contributed by atoms with Gasteiger partial charge in [-0.2, -0.15) is 4.57 Å². The summed E-state index contributed by atoms with van der Waals surface area (Å²) in [6, 6.07) is 6.20. The summed E-state index contributed by atoms with van der Waals surface area (Å²) >= 11 is 0. The fourth-order valence-electron chi connectivity index (χ4n) is 2.15. The van der Waals surface area contributed by atoms with Gasteiger partial charge in [-0.25, -0.2) is 8.78 Å². The van der Waals surface area contributed by atoms with E-state index in [0.29, 0.717) is 11.1 Å². The Morgan fingerprint density at radius 2 is 1.83 bits per heavy atom. The molecule has 0 amide bonds. The molecule has 0 unspecified atom stereocenters. The molecular weight excluding hydrogens is 232 g/mol. The minimum Gasteiger partial charge on any atom is -0.207 e. The van der Waals surface area contributed by atoms with E-state index < -0.39 is 11.6 Å². The largest absolute Gasteiger partial charge is 0.215 e. The molecule has 0 bridgehead atoms. The average molecular weight is 248 g/mol. The van der Waals surface area contributed by atoms with E-state index in [2.05, 4.69) is 0 Å². The Hall–Kier alpha value is -1.77. The highest BCUT2D eigenvalue weighted by atomic mass is 19.1. The molecule has 3 heteroatoms. The predicted molar refractivity (Wildman–Crippen MR) is 67.1 cm³/mol. The zero-order valence-electron chi connectivity index (χ0n) is 10.8. The van der Waals surface area contributed by atoms with Crippen molar-refractivity contribution in [1.29, 1.82) is 0 Å². The van der Waals surface area contributed by atoms with Gasteiger partial charge in [-0.3, -0.25) is 0 Å². The van der Waals surface area contributed by atoms with Crippen LogP contribution in [-0.2, 0) is 6.54 Å². The lowest BCUT2D eigenvalue weighted by molar-refractivity contribution is -0.682. The minimum absolute atomic E-state index is 0.474. The van der Waals surface area contributed by atoms with Crippen molar-refractivity contribution in [2.45, 2.75) is 27.3 Å². The molecule has 1 heterocycles. The zero-order chi connectivity index (χ0) is 13.3. The molecule has 0 saturated carbocycles. The maximum absolute atomic E-state index is 14.0. The van der Waals surface area contributed by atoms with Crippen LogP contribution in [-0.4, -0.2) is 0 Å². The molecule has 0 spiro atoms. The number of aryl methyl sites for hydroxylation is 3. The summed E-state index contributed by atoms with van der Waals surface area (Å²) in [5, 5.41) is 0. The lowest BCUT2D eigenvalue weighted by Crippen LogP contribution is -2.35. The number of nitrogens with zero attached hydrogens (tertiary/aromatic N) is 1. The van der Waals surface area contributed by atoms with Crippen LogP contribution in [0.5, 0.6) is 0 Å². The number of hydrogen-bond donors (Lipinski definition) is 0. The monoisotopic (exact) mass is 248 g/mol. The Morgan fingerprint density at radius 1 is 1.11 bits per heavy atom. The predicted octanol–water partition coefficient (Wildman–Crippen LogP) is 3.56. The molecule has 0 radical (unpaired) electrons. The smallest absolute Gasteiger partial charge is 0.207 e. The van der Waals surface area contributed by atoms with Crippen molar-refractivity contribution in [2.24, 2.45) is 0 Å². The Balaban J connectivity index is 2.72. The van der Waals surface area contributed by atoms with Gasteiger partial charge in [-0.15, -0.1) is 0 Å². The molecule has 0 atom stereocenters. The van der Waals surface area contributed by atoms with Crippen LogP contribution in [0.4, 0.5) is 8.78 Å². The first-order valence-electron chi connectivity index (χ1n) is 5.99. The maximum Gasteiger partial charge on any atom is 0.215 e. The molecule has 1 aromatic heterocycles. The number of hydrogen-bond acceptors (Lipinski definition) is 0. The molecule has 0 fully saturated rings. The Bertz CT molecular complexity index is 568. The van der Waals surface area contributed by atoms with Gasteiger partial charge < -0.3 is 0 Å². The van der Waals surface area contributed by atoms with Gasteiger partial charge in [0.1, 0.15) is 18.2 Å². The first-order chi connectivity index (χ1) is 8.52. The van der Waals surface area contributed by atoms with Gasteiger partial charge >= 0.3 is 0 Å². The lowest BCUT2D eigenvalue weighted by atomic mass is 10.0. The molecule has 0 aliphatic rings. The quantitative estimate of drug-likeness (QED) is 0.715. The van der Waals surface area contributed by atoms with Crippen LogP contribution in [0.3, 0.4) is 0 Å². The fraction of sp³-hybridized carbons (Fsp3) is 0.267.